The summed E-state index contributed by atoms with van der Waals surface area (Å²) < 4.78 is 3.12. The molecule has 7 nitrogen and oxygen atoms in total. The fourth-order valence-corrected chi connectivity index (χ4v) is 2.17. The molecule has 0 unspecified atom stereocenters. The minimum Gasteiger partial charge on any atom is -0.481 e. The van der Waals surface area contributed by atoms with Gasteiger partial charge in [-0.1, -0.05) is 0 Å². The van der Waals surface area contributed by atoms with E-state index in [0.717, 1.165) is 5.56 Å². The van der Waals surface area contributed by atoms with Crippen molar-refractivity contribution >= 4 is 5.97 Å². The van der Waals surface area contributed by atoms with Crippen LogP contribution in [0.4, 0.5) is 0 Å². The highest BCUT2D eigenvalue weighted by Crippen LogP contribution is 2.11. The second-order valence-corrected chi connectivity index (χ2v) is 4.72. The topological polar surface area (TPSA) is 90.0 Å². The minimum absolute atomic E-state index is 0.141. The summed E-state index contributed by atoms with van der Waals surface area (Å²) in [4.78, 5) is 26.8. The van der Waals surface area contributed by atoms with Gasteiger partial charge in [-0.3, -0.25) is 14.0 Å². The highest BCUT2D eigenvalue weighted by Gasteiger charge is 2.14. The van der Waals surface area contributed by atoms with E-state index in [2.05, 4.69) is 10.1 Å². The third-order valence-electron chi connectivity index (χ3n) is 3.20. The molecule has 2 aromatic rings. The van der Waals surface area contributed by atoms with Crippen molar-refractivity contribution in [2.75, 3.05) is 0 Å². The Bertz CT molecular complexity index is 715. The average molecular weight is 276 g/mol. The molecule has 0 aromatic carbocycles. The first-order valence-electron chi connectivity index (χ1n) is 6.14. The molecule has 0 aliphatic carbocycles. The van der Waals surface area contributed by atoms with E-state index in [1.54, 1.807) is 31.8 Å². The number of aliphatic carboxylic acids is 1. The number of carbonyl (C=O) groups is 1. The molecule has 2 aromatic heterocycles. The van der Waals surface area contributed by atoms with Crippen molar-refractivity contribution in [2.24, 2.45) is 7.05 Å². The molecular weight excluding hydrogens is 260 g/mol. The lowest BCUT2D eigenvalue weighted by Crippen LogP contribution is -2.28. The lowest BCUT2D eigenvalue weighted by atomic mass is 10.1. The molecule has 0 fully saturated rings. The molecule has 0 bridgehead atoms. The van der Waals surface area contributed by atoms with Gasteiger partial charge in [-0.15, -0.1) is 0 Å². The zero-order valence-corrected chi connectivity index (χ0v) is 11.6. The molecule has 1 N–H and O–H groups in total. The van der Waals surface area contributed by atoms with E-state index < -0.39 is 5.97 Å². The van der Waals surface area contributed by atoms with E-state index in [9.17, 15) is 9.59 Å². The Morgan fingerprint density at radius 1 is 1.40 bits per heavy atom. The van der Waals surface area contributed by atoms with Crippen molar-refractivity contribution in [2.45, 2.75) is 26.8 Å². The van der Waals surface area contributed by atoms with Crippen LogP contribution in [-0.2, 0) is 24.8 Å². The van der Waals surface area contributed by atoms with E-state index in [0.29, 0.717) is 23.5 Å². The van der Waals surface area contributed by atoms with Crippen LogP contribution in [0.1, 0.15) is 22.5 Å². The van der Waals surface area contributed by atoms with Gasteiger partial charge >= 0.3 is 11.7 Å². The van der Waals surface area contributed by atoms with E-state index in [1.165, 1.54) is 4.57 Å². The Hall–Kier alpha value is -2.44. The molecule has 0 spiro atoms. The molecular formula is C13H16N4O3. The predicted octanol–water partition coefficient (Wildman–Crippen LogP) is 0.269. The molecule has 0 amide bonds. The number of rotatable bonds is 4. The monoisotopic (exact) mass is 276 g/mol. The number of nitrogens with zero attached hydrogens (tertiary/aromatic N) is 4. The van der Waals surface area contributed by atoms with Crippen molar-refractivity contribution < 1.29 is 9.90 Å². The van der Waals surface area contributed by atoms with Gasteiger partial charge < -0.3 is 5.11 Å². The highest BCUT2D eigenvalue weighted by molar-refractivity contribution is 5.70. The van der Waals surface area contributed by atoms with Gasteiger partial charge in [-0.2, -0.15) is 10.1 Å². The normalized spacial score (nSPS) is 10.8. The molecule has 0 aliphatic rings. The molecule has 20 heavy (non-hydrogen) atoms. The zero-order chi connectivity index (χ0) is 14.9. The molecule has 0 aliphatic heterocycles. The van der Waals surface area contributed by atoms with Crippen LogP contribution in [0.3, 0.4) is 0 Å². The average Bonchev–Trinajstić information content (AvgIpc) is 2.75. The number of hydrogen-bond donors (Lipinski definition) is 1. The Labute approximate surface area is 115 Å². The smallest absolute Gasteiger partial charge is 0.348 e. The van der Waals surface area contributed by atoms with Crippen molar-refractivity contribution in [3.8, 4) is 0 Å². The number of carboxylic acids is 1. The Balaban J connectivity index is 2.47. The Morgan fingerprint density at radius 3 is 2.65 bits per heavy atom. The largest absolute Gasteiger partial charge is 0.481 e. The van der Waals surface area contributed by atoms with Crippen LogP contribution in [0.25, 0.3) is 0 Å². The lowest BCUT2D eigenvalue weighted by molar-refractivity contribution is -0.136. The van der Waals surface area contributed by atoms with Gasteiger partial charge in [0.15, 0.2) is 0 Å². The van der Waals surface area contributed by atoms with Crippen molar-refractivity contribution in [1.82, 2.24) is 19.3 Å². The number of hydrogen-bond acceptors (Lipinski definition) is 4. The third-order valence-corrected chi connectivity index (χ3v) is 3.20. The van der Waals surface area contributed by atoms with Crippen LogP contribution >= 0.6 is 0 Å². The highest BCUT2D eigenvalue weighted by atomic mass is 16.4. The van der Waals surface area contributed by atoms with Gasteiger partial charge in [-0.25, -0.2) is 4.79 Å². The number of carboxylic acid groups (broad SMARTS) is 1. The van der Waals surface area contributed by atoms with E-state index in [-0.39, 0.29) is 12.1 Å². The maximum absolute atomic E-state index is 12.0. The summed E-state index contributed by atoms with van der Waals surface area (Å²) in [5.74, 6) is -0.940. The van der Waals surface area contributed by atoms with Crippen LogP contribution in [0, 0.1) is 13.8 Å². The summed E-state index contributed by atoms with van der Waals surface area (Å²) in [5.41, 5.74) is 2.18. The van der Waals surface area contributed by atoms with Crippen molar-refractivity contribution in [3.63, 3.8) is 0 Å². The summed E-state index contributed by atoms with van der Waals surface area (Å²) in [7, 11) is 1.79. The van der Waals surface area contributed by atoms with E-state index in [4.69, 9.17) is 5.11 Å². The SMILES string of the molecule is Cc1nc(=O)n(Cc2cnn(C)c2)c(C)c1CC(=O)O. The fraction of sp³-hybridized carbons (Fsp3) is 0.385. The number of aryl methyl sites for hydroxylation is 2. The van der Waals surface area contributed by atoms with Gasteiger partial charge in [0.05, 0.1) is 19.2 Å². The molecule has 0 atom stereocenters. The molecule has 0 saturated carbocycles. The molecule has 7 heteroatoms. The first kappa shape index (κ1) is 14.0. The van der Waals surface area contributed by atoms with Crippen molar-refractivity contribution in [3.05, 3.63) is 45.4 Å². The first-order valence-corrected chi connectivity index (χ1v) is 6.14. The summed E-state index contributed by atoms with van der Waals surface area (Å²) >= 11 is 0. The quantitative estimate of drug-likeness (QED) is 0.865. The fourth-order valence-electron chi connectivity index (χ4n) is 2.17. The van der Waals surface area contributed by atoms with Gasteiger partial charge in [0.2, 0.25) is 0 Å². The van der Waals surface area contributed by atoms with Crippen LogP contribution in [0.15, 0.2) is 17.2 Å². The second kappa shape index (κ2) is 5.28. The Morgan fingerprint density at radius 2 is 2.10 bits per heavy atom. The van der Waals surface area contributed by atoms with Gasteiger partial charge in [0.1, 0.15) is 0 Å². The summed E-state index contributed by atoms with van der Waals surface area (Å²) in [6.45, 7) is 3.73. The molecule has 2 rings (SSSR count). The van der Waals surface area contributed by atoms with Crippen LogP contribution < -0.4 is 5.69 Å². The molecule has 0 saturated heterocycles. The predicted molar refractivity (Wildman–Crippen MR) is 71.6 cm³/mol. The van der Waals surface area contributed by atoms with Crippen LogP contribution in [-0.4, -0.2) is 30.4 Å². The number of aromatic nitrogens is 4. The summed E-state index contributed by atoms with van der Waals surface area (Å²) in [5, 5.41) is 13.0. The Kier molecular flexibility index (Phi) is 3.69. The van der Waals surface area contributed by atoms with Gasteiger partial charge in [-0.05, 0) is 13.8 Å². The van der Waals surface area contributed by atoms with E-state index in [1.807, 2.05) is 6.20 Å². The minimum atomic E-state index is -0.940. The summed E-state index contributed by atoms with van der Waals surface area (Å²) in [6.07, 6.45) is 3.34. The van der Waals surface area contributed by atoms with E-state index >= 15 is 0 Å². The maximum atomic E-state index is 12.0. The van der Waals surface area contributed by atoms with Gasteiger partial charge in [0, 0.05) is 35.8 Å². The third kappa shape index (κ3) is 2.76. The zero-order valence-electron chi connectivity index (χ0n) is 11.6. The van der Waals surface area contributed by atoms with Crippen LogP contribution in [0.5, 0.6) is 0 Å². The summed E-state index contributed by atoms with van der Waals surface area (Å²) in [6, 6.07) is 0. The van der Waals surface area contributed by atoms with Crippen molar-refractivity contribution in [1.29, 1.82) is 0 Å². The van der Waals surface area contributed by atoms with Gasteiger partial charge in [0.25, 0.3) is 0 Å². The first-order chi connectivity index (χ1) is 9.38. The lowest BCUT2D eigenvalue weighted by Gasteiger charge is -2.13. The molecule has 2 heterocycles. The molecule has 106 valence electrons. The standard InChI is InChI=1S/C13H16N4O3/c1-8-11(4-12(18)19)9(2)17(13(20)15-8)7-10-5-14-16(3)6-10/h5-6H,4,7H2,1-3H3,(H,18,19). The molecule has 0 radical (unpaired) electrons. The maximum Gasteiger partial charge on any atom is 0.348 e. The second-order valence-electron chi connectivity index (χ2n) is 4.72. The van der Waals surface area contributed by atoms with Crippen LogP contribution in [0.2, 0.25) is 0 Å².